The average Bonchev–Trinajstić information content (AvgIpc) is 2.65. The van der Waals surface area contributed by atoms with Crippen LogP contribution in [0.1, 0.15) is 23.7 Å². The smallest absolute Gasteiger partial charge is 0.286 e. The first-order valence-corrected chi connectivity index (χ1v) is 8.77. The number of carbonyl (C=O) groups is 1. The van der Waals surface area contributed by atoms with Crippen LogP contribution < -0.4 is 20.1 Å². The highest BCUT2D eigenvalue weighted by Gasteiger charge is 2.24. The SMILES string of the molecule is CCOc1cc(C(=O)NCCCN2CCNCC2)c([N+](=O)[O-])cc1OC. The number of hydrogen-bond donors (Lipinski definition) is 2. The maximum atomic E-state index is 12.4. The van der Waals surface area contributed by atoms with Gasteiger partial charge in [-0.2, -0.15) is 0 Å². The molecule has 1 aromatic rings. The van der Waals surface area contributed by atoms with E-state index in [2.05, 4.69) is 15.5 Å². The maximum absolute atomic E-state index is 12.4. The molecule has 1 aliphatic heterocycles. The van der Waals surface area contributed by atoms with Crippen molar-refractivity contribution in [1.29, 1.82) is 0 Å². The van der Waals surface area contributed by atoms with E-state index in [4.69, 9.17) is 9.47 Å². The summed E-state index contributed by atoms with van der Waals surface area (Å²) in [5.74, 6) is 0.0565. The van der Waals surface area contributed by atoms with E-state index in [9.17, 15) is 14.9 Å². The van der Waals surface area contributed by atoms with Gasteiger partial charge >= 0.3 is 0 Å². The maximum Gasteiger partial charge on any atom is 0.286 e. The van der Waals surface area contributed by atoms with Crippen LogP contribution in [0, 0.1) is 10.1 Å². The molecule has 2 N–H and O–H groups in total. The van der Waals surface area contributed by atoms with Crippen LogP contribution >= 0.6 is 0 Å². The second-order valence-electron chi connectivity index (χ2n) is 5.91. The average molecular weight is 366 g/mol. The molecule has 1 amide bonds. The van der Waals surface area contributed by atoms with Crippen molar-refractivity contribution in [2.45, 2.75) is 13.3 Å². The zero-order chi connectivity index (χ0) is 18.9. The standard InChI is InChI=1S/C17H26N4O5/c1-3-26-16-11-13(14(21(23)24)12-15(16)25-2)17(22)19-5-4-8-20-9-6-18-7-10-20/h11-12,18H,3-10H2,1-2H3,(H,19,22). The second-order valence-corrected chi connectivity index (χ2v) is 5.91. The number of carbonyl (C=O) groups excluding carboxylic acids is 1. The summed E-state index contributed by atoms with van der Waals surface area (Å²) in [7, 11) is 1.40. The van der Waals surface area contributed by atoms with Gasteiger partial charge < -0.3 is 25.0 Å². The van der Waals surface area contributed by atoms with Crippen molar-refractivity contribution < 1.29 is 19.2 Å². The fourth-order valence-corrected chi connectivity index (χ4v) is 2.84. The van der Waals surface area contributed by atoms with Crippen LogP contribution in [0.5, 0.6) is 11.5 Å². The van der Waals surface area contributed by atoms with Crippen LogP contribution in [0.15, 0.2) is 12.1 Å². The summed E-state index contributed by atoms with van der Waals surface area (Å²) in [6.45, 7) is 7.43. The summed E-state index contributed by atoms with van der Waals surface area (Å²) in [5.41, 5.74) is -0.327. The molecule has 144 valence electrons. The third kappa shape index (κ3) is 5.30. The van der Waals surface area contributed by atoms with Gasteiger partial charge in [0.1, 0.15) is 5.56 Å². The van der Waals surface area contributed by atoms with E-state index >= 15 is 0 Å². The lowest BCUT2D eigenvalue weighted by molar-refractivity contribution is -0.385. The van der Waals surface area contributed by atoms with Gasteiger partial charge in [-0.25, -0.2) is 0 Å². The number of amides is 1. The topological polar surface area (TPSA) is 106 Å². The van der Waals surface area contributed by atoms with E-state index < -0.39 is 10.8 Å². The van der Waals surface area contributed by atoms with Crippen molar-refractivity contribution >= 4 is 11.6 Å². The largest absolute Gasteiger partial charge is 0.493 e. The van der Waals surface area contributed by atoms with E-state index in [1.54, 1.807) is 6.92 Å². The highest BCUT2D eigenvalue weighted by atomic mass is 16.6. The van der Waals surface area contributed by atoms with Gasteiger partial charge in [0.2, 0.25) is 0 Å². The van der Waals surface area contributed by atoms with Crippen molar-refractivity contribution in [3.63, 3.8) is 0 Å². The molecule has 2 rings (SSSR count). The first-order chi connectivity index (χ1) is 12.6. The lowest BCUT2D eigenvalue weighted by atomic mass is 10.1. The van der Waals surface area contributed by atoms with Gasteiger partial charge in [0.05, 0.1) is 24.7 Å². The number of benzene rings is 1. The monoisotopic (exact) mass is 366 g/mol. The highest BCUT2D eigenvalue weighted by molar-refractivity contribution is 5.99. The van der Waals surface area contributed by atoms with Gasteiger partial charge in [-0.1, -0.05) is 0 Å². The second kappa shape index (κ2) is 9.93. The molecule has 0 saturated carbocycles. The number of methoxy groups -OCH3 is 1. The highest BCUT2D eigenvalue weighted by Crippen LogP contribution is 2.34. The summed E-state index contributed by atoms with van der Waals surface area (Å²) in [5, 5.41) is 17.4. The minimum absolute atomic E-state index is 0.0265. The number of piperazine rings is 1. The Morgan fingerprint density at radius 2 is 2.08 bits per heavy atom. The predicted octanol–water partition coefficient (Wildman–Crippen LogP) is 1.03. The summed E-state index contributed by atoms with van der Waals surface area (Å²) in [6, 6.07) is 2.59. The number of nitro benzene ring substituents is 1. The number of nitrogens with one attached hydrogen (secondary N) is 2. The summed E-state index contributed by atoms with van der Waals surface area (Å²) >= 11 is 0. The van der Waals surface area contributed by atoms with Crippen LogP contribution in [0.2, 0.25) is 0 Å². The molecule has 1 aliphatic rings. The Kier molecular flexibility index (Phi) is 7.61. The lowest BCUT2D eigenvalue weighted by Gasteiger charge is -2.27. The molecule has 9 heteroatoms. The number of ether oxygens (including phenoxy) is 2. The van der Waals surface area contributed by atoms with Gasteiger partial charge in [-0.05, 0) is 19.9 Å². The number of hydrogen-bond acceptors (Lipinski definition) is 7. The van der Waals surface area contributed by atoms with Crippen LogP contribution in [0.4, 0.5) is 5.69 Å². The fourth-order valence-electron chi connectivity index (χ4n) is 2.84. The van der Waals surface area contributed by atoms with E-state index in [1.165, 1.54) is 19.2 Å². The number of nitro groups is 1. The van der Waals surface area contributed by atoms with Gasteiger partial charge in [-0.3, -0.25) is 14.9 Å². The Morgan fingerprint density at radius 1 is 1.35 bits per heavy atom. The van der Waals surface area contributed by atoms with Crippen LogP contribution in [-0.4, -0.2) is 68.7 Å². The molecule has 0 aromatic heterocycles. The van der Waals surface area contributed by atoms with Crippen LogP contribution in [0.25, 0.3) is 0 Å². The molecule has 1 fully saturated rings. The molecular weight excluding hydrogens is 340 g/mol. The third-order valence-electron chi connectivity index (χ3n) is 4.17. The molecule has 0 bridgehead atoms. The first kappa shape index (κ1) is 19.9. The van der Waals surface area contributed by atoms with E-state index in [0.29, 0.717) is 18.9 Å². The van der Waals surface area contributed by atoms with Crippen molar-refractivity contribution in [3.8, 4) is 11.5 Å². The minimum atomic E-state index is -0.589. The molecule has 0 atom stereocenters. The molecule has 9 nitrogen and oxygen atoms in total. The molecule has 1 heterocycles. The van der Waals surface area contributed by atoms with Gasteiger partial charge in [0, 0.05) is 38.8 Å². The van der Waals surface area contributed by atoms with Crippen LogP contribution in [-0.2, 0) is 0 Å². The molecule has 0 radical (unpaired) electrons. The van der Waals surface area contributed by atoms with Crippen molar-refractivity contribution in [2.24, 2.45) is 0 Å². The minimum Gasteiger partial charge on any atom is -0.493 e. The molecule has 1 saturated heterocycles. The molecular formula is C17H26N4O5. The van der Waals surface area contributed by atoms with Gasteiger partial charge in [0.15, 0.2) is 11.5 Å². The van der Waals surface area contributed by atoms with E-state index in [-0.39, 0.29) is 17.0 Å². The Morgan fingerprint density at radius 3 is 2.69 bits per heavy atom. The Balaban J connectivity index is 2.01. The number of nitrogens with zero attached hydrogens (tertiary/aromatic N) is 2. The molecule has 0 unspecified atom stereocenters. The van der Waals surface area contributed by atoms with Crippen molar-refractivity contribution in [1.82, 2.24) is 15.5 Å². The quantitative estimate of drug-likeness (QED) is 0.382. The lowest BCUT2D eigenvalue weighted by Crippen LogP contribution is -2.44. The zero-order valence-corrected chi connectivity index (χ0v) is 15.2. The summed E-state index contributed by atoms with van der Waals surface area (Å²) < 4.78 is 10.5. The molecule has 1 aromatic carbocycles. The molecule has 0 spiro atoms. The third-order valence-corrected chi connectivity index (χ3v) is 4.17. The van der Waals surface area contributed by atoms with E-state index in [1.807, 2.05) is 0 Å². The van der Waals surface area contributed by atoms with Crippen molar-refractivity contribution in [2.75, 3.05) is 53.0 Å². The van der Waals surface area contributed by atoms with Gasteiger partial charge in [0.25, 0.3) is 11.6 Å². The zero-order valence-electron chi connectivity index (χ0n) is 15.2. The fraction of sp³-hybridized carbons (Fsp3) is 0.588. The molecule has 26 heavy (non-hydrogen) atoms. The Bertz CT molecular complexity index is 632. The summed E-state index contributed by atoms with van der Waals surface area (Å²) in [4.78, 5) is 25.5. The van der Waals surface area contributed by atoms with Crippen molar-refractivity contribution in [3.05, 3.63) is 27.8 Å². The normalized spacial score (nSPS) is 14.7. The van der Waals surface area contributed by atoms with E-state index in [0.717, 1.165) is 39.1 Å². The Hall–Kier alpha value is -2.39. The van der Waals surface area contributed by atoms with Gasteiger partial charge in [-0.15, -0.1) is 0 Å². The number of rotatable bonds is 9. The van der Waals surface area contributed by atoms with Crippen LogP contribution in [0.3, 0.4) is 0 Å². The Labute approximate surface area is 152 Å². The summed E-state index contributed by atoms with van der Waals surface area (Å²) in [6.07, 6.45) is 0.786. The first-order valence-electron chi connectivity index (χ1n) is 8.77. The molecule has 0 aliphatic carbocycles. The predicted molar refractivity (Wildman–Crippen MR) is 97.1 cm³/mol.